The summed E-state index contributed by atoms with van der Waals surface area (Å²) in [5.41, 5.74) is 2.94. The van der Waals surface area contributed by atoms with Gasteiger partial charge in [-0.15, -0.1) is 0 Å². The van der Waals surface area contributed by atoms with E-state index in [-0.39, 0.29) is 29.9 Å². The van der Waals surface area contributed by atoms with Crippen LogP contribution < -0.4 is 10.1 Å². The molecule has 8 heteroatoms. The lowest BCUT2D eigenvalue weighted by atomic mass is 10.0. The number of halogens is 1. The fourth-order valence-corrected chi connectivity index (χ4v) is 3.33. The number of benzene rings is 2. The van der Waals surface area contributed by atoms with Crippen molar-refractivity contribution in [3.63, 3.8) is 0 Å². The van der Waals surface area contributed by atoms with Crippen molar-refractivity contribution in [3.05, 3.63) is 72.2 Å². The Balaban J connectivity index is 1.50. The molecule has 0 radical (unpaired) electrons. The summed E-state index contributed by atoms with van der Waals surface area (Å²) in [6, 6.07) is 15.8. The molecule has 0 saturated carbocycles. The molecule has 4 aromatic rings. The second-order valence-corrected chi connectivity index (χ2v) is 7.62. The van der Waals surface area contributed by atoms with Crippen molar-refractivity contribution in [2.24, 2.45) is 0 Å². The maximum Gasteiger partial charge on any atom is 0.274 e. The van der Waals surface area contributed by atoms with Crippen LogP contribution in [0.5, 0.6) is 5.75 Å². The molecule has 0 aliphatic carbocycles. The first-order chi connectivity index (χ1) is 15.4. The second-order valence-electron chi connectivity index (χ2n) is 7.62. The first-order valence-electron chi connectivity index (χ1n) is 10.2. The number of rotatable bonds is 7. The van der Waals surface area contributed by atoms with E-state index in [1.165, 1.54) is 19.2 Å². The fraction of sp³-hybridized carbons (Fsp3) is 0.208. The molecule has 164 valence electrons. The maximum atomic E-state index is 14.0. The van der Waals surface area contributed by atoms with Crippen molar-refractivity contribution >= 4 is 11.6 Å². The van der Waals surface area contributed by atoms with Gasteiger partial charge in [0, 0.05) is 17.4 Å². The van der Waals surface area contributed by atoms with Crippen LogP contribution in [0.2, 0.25) is 0 Å². The van der Waals surface area contributed by atoms with Gasteiger partial charge in [-0.3, -0.25) is 4.79 Å². The van der Waals surface area contributed by atoms with Crippen LogP contribution in [0.4, 0.5) is 10.1 Å². The molecular weight excluding hydrogens is 411 g/mol. The van der Waals surface area contributed by atoms with Gasteiger partial charge in [0.05, 0.1) is 7.11 Å². The van der Waals surface area contributed by atoms with Gasteiger partial charge in [0.2, 0.25) is 11.7 Å². The third-order valence-corrected chi connectivity index (χ3v) is 5.04. The maximum absolute atomic E-state index is 14.0. The highest BCUT2D eigenvalue weighted by Gasteiger charge is 2.17. The van der Waals surface area contributed by atoms with E-state index in [0.29, 0.717) is 17.2 Å². The van der Waals surface area contributed by atoms with Crippen LogP contribution >= 0.6 is 0 Å². The molecule has 1 amide bonds. The van der Waals surface area contributed by atoms with Gasteiger partial charge < -0.3 is 19.1 Å². The molecular formula is C24H23FN4O3. The van der Waals surface area contributed by atoms with Gasteiger partial charge in [0.15, 0.2) is 11.6 Å². The van der Waals surface area contributed by atoms with Gasteiger partial charge in [-0.25, -0.2) is 4.39 Å². The number of carbonyl (C=O) groups is 1. The SMILES string of the molecule is COc1ccc(-c2noc(-c3cccn3CC(=O)Nc3cccc(C(C)C)c3)n2)cc1F. The van der Waals surface area contributed by atoms with Gasteiger partial charge in [0.25, 0.3) is 5.89 Å². The lowest BCUT2D eigenvalue weighted by Gasteiger charge is -2.11. The predicted octanol–water partition coefficient (Wildman–Crippen LogP) is 5.11. The molecule has 2 heterocycles. The molecule has 4 rings (SSSR count). The Hall–Kier alpha value is -3.94. The van der Waals surface area contributed by atoms with Crippen LogP contribution in [0, 0.1) is 5.82 Å². The third kappa shape index (κ3) is 4.54. The standard InChI is InChI=1S/C24H23FN4O3/c1-15(2)16-6-4-7-18(12-16)26-22(30)14-29-11-5-8-20(29)24-27-23(28-32-24)17-9-10-21(31-3)19(25)13-17/h4-13,15H,14H2,1-3H3,(H,26,30). The van der Waals surface area contributed by atoms with Crippen molar-refractivity contribution in [1.29, 1.82) is 0 Å². The predicted molar refractivity (Wildman–Crippen MR) is 119 cm³/mol. The number of hydrogen-bond acceptors (Lipinski definition) is 5. The zero-order valence-corrected chi connectivity index (χ0v) is 18.0. The summed E-state index contributed by atoms with van der Waals surface area (Å²) in [4.78, 5) is 17.0. The molecule has 0 bridgehead atoms. The number of aromatic nitrogens is 3. The average molecular weight is 434 g/mol. The minimum Gasteiger partial charge on any atom is -0.494 e. The van der Waals surface area contributed by atoms with E-state index >= 15 is 0 Å². The highest BCUT2D eigenvalue weighted by atomic mass is 19.1. The highest BCUT2D eigenvalue weighted by Crippen LogP contribution is 2.26. The lowest BCUT2D eigenvalue weighted by molar-refractivity contribution is -0.116. The second kappa shape index (κ2) is 9.05. The summed E-state index contributed by atoms with van der Waals surface area (Å²) in [5.74, 6) is 0.281. The van der Waals surface area contributed by atoms with E-state index in [2.05, 4.69) is 29.3 Å². The molecule has 2 aromatic heterocycles. The number of methoxy groups -OCH3 is 1. The molecule has 0 fully saturated rings. The van der Waals surface area contributed by atoms with Crippen molar-refractivity contribution in [2.75, 3.05) is 12.4 Å². The monoisotopic (exact) mass is 434 g/mol. The van der Waals surface area contributed by atoms with Gasteiger partial charge in [-0.05, 0) is 53.9 Å². The molecule has 0 atom stereocenters. The molecule has 32 heavy (non-hydrogen) atoms. The van der Waals surface area contributed by atoms with E-state index < -0.39 is 5.82 Å². The Kier molecular flexibility index (Phi) is 6.02. The Morgan fingerprint density at radius 1 is 1.19 bits per heavy atom. The number of carbonyl (C=O) groups excluding carboxylic acids is 1. The zero-order valence-electron chi connectivity index (χ0n) is 18.0. The normalized spacial score (nSPS) is 11.0. The summed E-state index contributed by atoms with van der Waals surface area (Å²) >= 11 is 0. The Morgan fingerprint density at radius 3 is 2.78 bits per heavy atom. The van der Waals surface area contributed by atoms with Crippen LogP contribution in [-0.4, -0.2) is 27.7 Å². The minimum atomic E-state index is -0.516. The first kappa shape index (κ1) is 21.3. The molecule has 0 unspecified atom stereocenters. The molecule has 2 aromatic carbocycles. The van der Waals surface area contributed by atoms with E-state index in [9.17, 15) is 9.18 Å². The topological polar surface area (TPSA) is 82.2 Å². The number of anilines is 1. The number of hydrogen-bond donors (Lipinski definition) is 1. The number of nitrogens with zero attached hydrogens (tertiary/aromatic N) is 3. The highest BCUT2D eigenvalue weighted by molar-refractivity contribution is 5.91. The van der Waals surface area contributed by atoms with Crippen molar-refractivity contribution in [1.82, 2.24) is 14.7 Å². The Morgan fingerprint density at radius 2 is 2.03 bits per heavy atom. The lowest BCUT2D eigenvalue weighted by Crippen LogP contribution is -2.19. The smallest absolute Gasteiger partial charge is 0.274 e. The quantitative estimate of drug-likeness (QED) is 0.437. The Labute approximate surface area is 184 Å². The van der Waals surface area contributed by atoms with Gasteiger partial charge in [-0.1, -0.05) is 31.1 Å². The van der Waals surface area contributed by atoms with Crippen LogP contribution in [0.1, 0.15) is 25.3 Å². The van der Waals surface area contributed by atoms with E-state index in [4.69, 9.17) is 9.26 Å². The van der Waals surface area contributed by atoms with Crippen LogP contribution in [0.15, 0.2) is 65.3 Å². The van der Waals surface area contributed by atoms with E-state index in [0.717, 1.165) is 11.3 Å². The fourth-order valence-electron chi connectivity index (χ4n) is 3.33. The van der Waals surface area contributed by atoms with Crippen LogP contribution in [-0.2, 0) is 11.3 Å². The van der Waals surface area contributed by atoms with E-state index in [1.54, 1.807) is 29.0 Å². The third-order valence-electron chi connectivity index (χ3n) is 5.04. The Bertz CT molecular complexity index is 1250. The van der Waals surface area contributed by atoms with Crippen molar-refractivity contribution in [3.8, 4) is 28.7 Å². The first-order valence-corrected chi connectivity index (χ1v) is 10.2. The van der Waals surface area contributed by atoms with Crippen LogP contribution in [0.3, 0.4) is 0 Å². The molecule has 7 nitrogen and oxygen atoms in total. The zero-order chi connectivity index (χ0) is 22.7. The summed E-state index contributed by atoms with van der Waals surface area (Å²) in [6.07, 6.45) is 1.76. The molecule has 1 N–H and O–H groups in total. The number of ether oxygens (including phenoxy) is 1. The summed E-state index contributed by atoms with van der Waals surface area (Å²) < 4.78 is 26.0. The van der Waals surface area contributed by atoms with E-state index in [1.807, 2.05) is 24.3 Å². The summed E-state index contributed by atoms with van der Waals surface area (Å²) in [6.45, 7) is 4.28. The number of amides is 1. The largest absolute Gasteiger partial charge is 0.494 e. The summed E-state index contributed by atoms with van der Waals surface area (Å²) in [5, 5.41) is 6.87. The minimum absolute atomic E-state index is 0.0725. The average Bonchev–Trinajstić information content (AvgIpc) is 3.43. The van der Waals surface area contributed by atoms with Gasteiger partial charge in [-0.2, -0.15) is 4.98 Å². The molecule has 0 aliphatic heterocycles. The summed E-state index contributed by atoms with van der Waals surface area (Å²) in [7, 11) is 1.40. The van der Waals surface area contributed by atoms with Gasteiger partial charge >= 0.3 is 0 Å². The van der Waals surface area contributed by atoms with Gasteiger partial charge in [0.1, 0.15) is 12.2 Å². The molecule has 0 aliphatic rings. The van der Waals surface area contributed by atoms with Crippen molar-refractivity contribution in [2.45, 2.75) is 26.3 Å². The van der Waals surface area contributed by atoms with Crippen LogP contribution in [0.25, 0.3) is 23.0 Å². The van der Waals surface area contributed by atoms with Crippen molar-refractivity contribution < 1.29 is 18.4 Å². The molecule has 0 saturated heterocycles. The molecule has 0 spiro atoms. The number of nitrogens with one attached hydrogen (secondary N) is 1.